The van der Waals surface area contributed by atoms with E-state index in [0.717, 1.165) is 44.9 Å². The third kappa shape index (κ3) is 6.21. The molecule has 1 fully saturated rings. The molecule has 0 aliphatic carbocycles. The number of rotatable bonds is 9. The summed E-state index contributed by atoms with van der Waals surface area (Å²) in [4.78, 5) is 20.7. The van der Waals surface area contributed by atoms with Gasteiger partial charge in [0.2, 0.25) is 5.91 Å². The average molecular weight is 357 g/mol. The third-order valence-electron chi connectivity index (χ3n) is 4.55. The predicted molar refractivity (Wildman–Crippen MR) is 108 cm³/mol. The number of carbonyl (C=O) groups is 1. The van der Waals surface area contributed by atoms with Crippen LogP contribution in [0.5, 0.6) is 0 Å². The van der Waals surface area contributed by atoms with Gasteiger partial charge in [-0.3, -0.25) is 4.79 Å². The Balaban J connectivity index is 1.98. The molecule has 5 nitrogen and oxygen atoms in total. The molecule has 1 N–H and O–H groups in total. The number of benzene rings is 1. The van der Waals surface area contributed by atoms with Crippen molar-refractivity contribution < 1.29 is 4.79 Å². The quantitative estimate of drug-likeness (QED) is 0.320. The van der Waals surface area contributed by atoms with Crippen molar-refractivity contribution in [2.75, 3.05) is 26.7 Å². The highest BCUT2D eigenvalue weighted by molar-refractivity contribution is 5.79. The standard InChI is InChI=1S/C21H32N4O/c1-4-6-7-13-24(3)21(22-5-2)23-16-18-10-8-11-19(15-18)17-25-14-9-12-20(25)26/h4,8,10-11,15H,1,5-7,9,12-14,16-17H2,2-3H3,(H,22,23). The number of hydrogen-bond acceptors (Lipinski definition) is 2. The molecule has 1 heterocycles. The third-order valence-corrected chi connectivity index (χ3v) is 4.55. The van der Waals surface area contributed by atoms with Gasteiger partial charge in [-0.1, -0.05) is 30.3 Å². The highest BCUT2D eigenvalue weighted by atomic mass is 16.2. The van der Waals surface area contributed by atoms with Crippen LogP contribution in [0.1, 0.15) is 43.7 Å². The number of likely N-dealkylation sites (tertiary alicyclic amines) is 1. The van der Waals surface area contributed by atoms with Gasteiger partial charge in [-0.2, -0.15) is 0 Å². The number of hydrogen-bond donors (Lipinski definition) is 1. The Bertz CT molecular complexity index is 626. The molecule has 0 radical (unpaired) electrons. The number of aliphatic imine (C=N–C) groups is 1. The molecular weight excluding hydrogens is 324 g/mol. The van der Waals surface area contributed by atoms with Crippen molar-refractivity contribution in [3.8, 4) is 0 Å². The zero-order valence-corrected chi connectivity index (χ0v) is 16.2. The molecule has 1 amide bonds. The van der Waals surface area contributed by atoms with E-state index in [9.17, 15) is 4.79 Å². The predicted octanol–water partition coefficient (Wildman–Crippen LogP) is 3.17. The SMILES string of the molecule is C=CCCCN(C)C(=NCc1cccc(CN2CCCC2=O)c1)NCC. The van der Waals surface area contributed by atoms with Crippen LogP contribution in [0.3, 0.4) is 0 Å². The van der Waals surface area contributed by atoms with Crippen molar-refractivity contribution in [2.24, 2.45) is 4.99 Å². The van der Waals surface area contributed by atoms with E-state index in [1.165, 1.54) is 11.1 Å². The number of unbranched alkanes of at least 4 members (excludes halogenated alkanes) is 1. The van der Waals surface area contributed by atoms with E-state index < -0.39 is 0 Å². The van der Waals surface area contributed by atoms with Crippen molar-refractivity contribution in [1.82, 2.24) is 15.1 Å². The van der Waals surface area contributed by atoms with Crippen molar-refractivity contribution in [1.29, 1.82) is 0 Å². The summed E-state index contributed by atoms with van der Waals surface area (Å²) in [6.45, 7) is 9.88. The van der Waals surface area contributed by atoms with Gasteiger partial charge in [0.25, 0.3) is 0 Å². The normalized spacial score (nSPS) is 14.6. The van der Waals surface area contributed by atoms with Gasteiger partial charge >= 0.3 is 0 Å². The first-order valence-electron chi connectivity index (χ1n) is 9.60. The van der Waals surface area contributed by atoms with Crippen molar-refractivity contribution in [3.05, 3.63) is 48.0 Å². The van der Waals surface area contributed by atoms with Gasteiger partial charge in [-0.05, 0) is 37.3 Å². The van der Waals surface area contributed by atoms with Crippen molar-refractivity contribution >= 4 is 11.9 Å². The highest BCUT2D eigenvalue weighted by Gasteiger charge is 2.19. The number of guanidine groups is 1. The first-order chi connectivity index (χ1) is 12.6. The van der Waals surface area contributed by atoms with Gasteiger partial charge in [0.05, 0.1) is 6.54 Å². The van der Waals surface area contributed by atoms with Crippen molar-refractivity contribution in [2.45, 2.75) is 45.7 Å². The zero-order valence-electron chi connectivity index (χ0n) is 16.2. The minimum absolute atomic E-state index is 0.268. The first kappa shape index (κ1) is 20.0. The summed E-state index contributed by atoms with van der Waals surface area (Å²) in [6, 6.07) is 8.41. The molecule has 0 bridgehead atoms. The fraction of sp³-hybridized carbons (Fsp3) is 0.524. The van der Waals surface area contributed by atoms with Crippen molar-refractivity contribution in [3.63, 3.8) is 0 Å². The molecule has 142 valence electrons. The molecule has 0 spiro atoms. The Hall–Kier alpha value is -2.30. The molecule has 1 aliphatic rings. The summed E-state index contributed by atoms with van der Waals surface area (Å²) >= 11 is 0. The Labute approximate surface area is 157 Å². The summed E-state index contributed by atoms with van der Waals surface area (Å²) in [6.07, 6.45) is 5.71. The Morgan fingerprint density at radius 1 is 1.42 bits per heavy atom. The molecule has 5 heteroatoms. The van der Waals surface area contributed by atoms with E-state index in [0.29, 0.717) is 19.5 Å². The summed E-state index contributed by atoms with van der Waals surface area (Å²) in [5.41, 5.74) is 2.35. The van der Waals surface area contributed by atoms with E-state index in [1.54, 1.807) is 0 Å². The second-order valence-electron chi connectivity index (χ2n) is 6.76. The molecule has 1 aliphatic heterocycles. The minimum Gasteiger partial charge on any atom is -0.357 e. The molecule has 2 rings (SSSR count). The smallest absolute Gasteiger partial charge is 0.222 e. The lowest BCUT2D eigenvalue weighted by atomic mass is 10.1. The van der Waals surface area contributed by atoms with E-state index in [-0.39, 0.29) is 5.91 Å². The number of amides is 1. The Morgan fingerprint density at radius 2 is 2.23 bits per heavy atom. The molecule has 1 aromatic rings. The van der Waals surface area contributed by atoms with E-state index >= 15 is 0 Å². The lowest BCUT2D eigenvalue weighted by Gasteiger charge is -2.22. The maximum atomic E-state index is 11.8. The van der Waals surface area contributed by atoms with E-state index in [2.05, 4.69) is 55.0 Å². The zero-order chi connectivity index (χ0) is 18.8. The van der Waals surface area contributed by atoms with Gasteiger partial charge in [-0.15, -0.1) is 6.58 Å². The summed E-state index contributed by atoms with van der Waals surface area (Å²) in [5.74, 6) is 1.20. The maximum Gasteiger partial charge on any atom is 0.222 e. The van der Waals surface area contributed by atoms with Crippen LogP contribution >= 0.6 is 0 Å². The molecule has 0 saturated carbocycles. The van der Waals surface area contributed by atoms with Gasteiger partial charge in [-0.25, -0.2) is 4.99 Å². The van der Waals surface area contributed by atoms with Crippen LogP contribution in [0.4, 0.5) is 0 Å². The second kappa shape index (κ2) is 10.6. The van der Waals surface area contributed by atoms with Crippen LogP contribution in [-0.4, -0.2) is 48.3 Å². The van der Waals surface area contributed by atoms with Crippen LogP contribution in [0.15, 0.2) is 41.9 Å². The number of nitrogens with one attached hydrogen (secondary N) is 1. The molecule has 0 atom stereocenters. The highest BCUT2D eigenvalue weighted by Crippen LogP contribution is 2.15. The fourth-order valence-electron chi connectivity index (χ4n) is 3.13. The monoisotopic (exact) mass is 356 g/mol. The number of allylic oxidation sites excluding steroid dienone is 1. The average Bonchev–Trinajstić information content (AvgIpc) is 3.04. The Morgan fingerprint density at radius 3 is 2.92 bits per heavy atom. The maximum absolute atomic E-state index is 11.8. The molecule has 0 aromatic heterocycles. The second-order valence-corrected chi connectivity index (χ2v) is 6.76. The number of nitrogens with zero attached hydrogens (tertiary/aromatic N) is 3. The van der Waals surface area contributed by atoms with Gasteiger partial charge in [0.15, 0.2) is 5.96 Å². The molecule has 0 unspecified atom stereocenters. The molecule has 26 heavy (non-hydrogen) atoms. The fourth-order valence-corrected chi connectivity index (χ4v) is 3.13. The summed E-state index contributed by atoms with van der Waals surface area (Å²) in [5, 5.41) is 3.36. The van der Waals surface area contributed by atoms with Gasteiger partial charge in [0, 0.05) is 39.6 Å². The van der Waals surface area contributed by atoms with Gasteiger partial charge in [0.1, 0.15) is 0 Å². The summed E-state index contributed by atoms with van der Waals surface area (Å²) < 4.78 is 0. The first-order valence-corrected chi connectivity index (χ1v) is 9.60. The minimum atomic E-state index is 0.268. The van der Waals surface area contributed by atoms with Crippen LogP contribution < -0.4 is 5.32 Å². The largest absolute Gasteiger partial charge is 0.357 e. The number of carbonyl (C=O) groups excluding carboxylic acids is 1. The van der Waals surface area contributed by atoms with Crippen LogP contribution in [0.25, 0.3) is 0 Å². The van der Waals surface area contributed by atoms with E-state index in [4.69, 9.17) is 4.99 Å². The Kier molecular flexibility index (Phi) is 8.19. The molecular formula is C21H32N4O. The topological polar surface area (TPSA) is 47.9 Å². The van der Waals surface area contributed by atoms with E-state index in [1.807, 2.05) is 11.0 Å². The van der Waals surface area contributed by atoms with Crippen LogP contribution in [-0.2, 0) is 17.9 Å². The summed E-state index contributed by atoms with van der Waals surface area (Å²) in [7, 11) is 2.07. The lowest BCUT2D eigenvalue weighted by molar-refractivity contribution is -0.128. The van der Waals surface area contributed by atoms with Gasteiger partial charge < -0.3 is 15.1 Å². The van der Waals surface area contributed by atoms with Crippen LogP contribution in [0, 0.1) is 0 Å². The van der Waals surface area contributed by atoms with Crippen LogP contribution in [0.2, 0.25) is 0 Å². The molecule has 1 aromatic carbocycles. The lowest BCUT2D eigenvalue weighted by Crippen LogP contribution is -2.39. The molecule has 1 saturated heterocycles.